The van der Waals surface area contributed by atoms with E-state index in [-0.39, 0.29) is 17.3 Å². The lowest BCUT2D eigenvalue weighted by molar-refractivity contribution is 0.102. The van der Waals surface area contributed by atoms with Gasteiger partial charge >= 0.3 is 6.01 Å². The Morgan fingerprint density at radius 2 is 1.74 bits per heavy atom. The van der Waals surface area contributed by atoms with Gasteiger partial charge in [0.15, 0.2) is 5.82 Å². The van der Waals surface area contributed by atoms with Crippen molar-refractivity contribution in [2.45, 2.75) is 33.1 Å². The van der Waals surface area contributed by atoms with Crippen molar-refractivity contribution in [1.82, 2.24) is 19.9 Å². The average molecular weight is 473 g/mol. The highest BCUT2D eigenvalue weighted by Crippen LogP contribution is 2.32. The molecule has 2 aromatic heterocycles. The fraction of sp³-hybridized carbons (Fsp3) is 0.269. The summed E-state index contributed by atoms with van der Waals surface area (Å²) in [6.45, 7) is 8.31. The van der Waals surface area contributed by atoms with Crippen LogP contribution < -0.4 is 20.1 Å². The lowest BCUT2D eigenvalue weighted by Gasteiger charge is -2.21. The Labute approximate surface area is 204 Å². The first-order valence-corrected chi connectivity index (χ1v) is 11.1. The Morgan fingerprint density at radius 1 is 0.943 bits per heavy atom. The number of fused-ring (bicyclic) bond motifs is 1. The van der Waals surface area contributed by atoms with E-state index in [9.17, 15) is 4.79 Å². The molecule has 180 valence electrons. The number of benzene rings is 2. The van der Waals surface area contributed by atoms with E-state index in [0.717, 1.165) is 11.1 Å². The summed E-state index contributed by atoms with van der Waals surface area (Å²) in [5, 5.41) is 6.27. The lowest BCUT2D eigenvalue weighted by Crippen LogP contribution is -2.16. The molecule has 0 aliphatic rings. The number of hydrogen-bond donors (Lipinski definition) is 2. The van der Waals surface area contributed by atoms with Gasteiger partial charge in [0.1, 0.15) is 23.1 Å². The molecule has 4 rings (SSSR count). The second-order valence-corrected chi connectivity index (χ2v) is 9.09. The molecule has 0 aliphatic heterocycles. The zero-order chi connectivity index (χ0) is 25.2. The van der Waals surface area contributed by atoms with Crippen LogP contribution in [0.15, 0.2) is 48.9 Å². The number of nitrogens with zero attached hydrogens (tertiary/aromatic N) is 4. The van der Waals surface area contributed by atoms with E-state index in [1.807, 2.05) is 31.2 Å². The maximum Gasteiger partial charge on any atom is 0.316 e. The number of methoxy groups -OCH3 is 2. The van der Waals surface area contributed by atoms with Gasteiger partial charge in [0, 0.05) is 11.3 Å². The Hall–Kier alpha value is -4.27. The van der Waals surface area contributed by atoms with E-state index in [1.54, 1.807) is 25.4 Å². The topological polar surface area (TPSA) is 111 Å². The summed E-state index contributed by atoms with van der Waals surface area (Å²) in [5.41, 5.74) is 4.84. The average Bonchev–Trinajstić information content (AvgIpc) is 2.84. The molecule has 0 bridgehead atoms. The highest BCUT2D eigenvalue weighted by atomic mass is 16.5. The third kappa shape index (κ3) is 5.13. The Kier molecular flexibility index (Phi) is 6.50. The van der Waals surface area contributed by atoms with Gasteiger partial charge in [-0.2, -0.15) is 4.98 Å². The zero-order valence-electron chi connectivity index (χ0n) is 20.6. The largest absolute Gasteiger partial charge is 0.495 e. The smallest absolute Gasteiger partial charge is 0.316 e. The molecule has 9 heteroatoms. The van der Waals surface area contributed by atoms with Crippen LogP contribution in [0.4, 0.5) is 17.2 Å². The van der Waals surface area contributed by atoms with Crippen LogP contribution >= 0.6 is 0 Å². The second-order valence-electron chi connectivity index (χ2n) is 9.09. The van der Waals surface area contributed by atoms with Crippen molar-refractivity contribution >= 4 is 34.1 Å². The fourth-order valence-corrected chi connectivity index (χ4v) is 3.52. The minimum absolute atomic E-state index is 0.0702. The molecular formula is C26H28N6O3. The Balaban J connectivity index is 1.65. The van der Waals surface area contributed by atoms with Crippen LogP contribution in [0.25, 0.3) is 11.0 Å². The number of rotatable bonds is 6. The number of amides is 1. The van der Waals surface area contributed by atoms with Crippen LogP contribution in [0.3, 0.4) is 0 Å². The molecule has 0 spiro atoms. The number of hydrogen-bond acceptors (Lipinski definition) is 8. The van der Waals surface area contributed by atoms with Gasteiger partial charge in [-0.25, -0.2) is 15.0 Å². The maximum atomic E-state index is 13.2. The minimum atomic E-state index is -0.256. The molecule has 0 saturated heterocycles. The van der Waals surface area contributed by atoms with E-state index >= 15 is 0 Å². The monoisotopic (exact) mass is 472 g/mol. The van der Waals surface area contributed by atoms with Crippen molar-refractivity contribution < 1.29 is 14.3 Å². The SMILES string of the molecule is COc1ncc2ncnc(Nc3cc(C(=O)Nc4cc(C(C)(C)C)ccc4OC)ccc3C)c2n1. The van der Waals surface area contributed by atoms with Gasteiger partial charge < -0.3 is 20.1 Å². The predicted octanol–water partition coefficient (Wildman–Crippen LogP) is 5.04. The predicted molar refractivity (Wildman–Crippen MR) is 136 cm³/mol. The summed E-state index contributed by atoms with van der Waals surface area (Å²) in [4.78, 5) is 30.2. The van der Waals surface area contributed by atoms with Crippen molar-refractivity contribution in [3.8, 4) is 11.8 Å². The summed E-state index contributed by atoms with van der Waals surface area (Å²) in [5.74, 6) is 0.822. The van der Waals surface area contributed by atoms with Gasteiger partial charge in [-0.05, 0) is 47.7 Å². The molecule has 0 atom stereocenters. The van der Waals surface area contributed by atoms with Crippen LogP contribution in [-0.2, 0) is 5.41 Å². The summed E-state index contributed by atoms with van der Waals surface area (Å²) in [6.07, 6.45) is 3.00. The van der Waals surface area contributed by atoms with Gasteiger partial charge in [0.25, 0.3) is 5.91 Å². The molecule has 0 fully saturated rings. The number of aryl methyl sites for hydroxylation is 1. The van der Waals surface area contributed by atoms with Gasteiger partial charge in [0.05, 0.1) is 26.1 Å². The van der Waals surface area contributed by atoms with Gasteiger partial charge in [0.2, 0.25) is 0 Å². The highest BCUT2D eigenvalue weighted by molar-refractivity contribution is 6.06. The third-order valence-corrected chi connectivity index (χ3v) is 5.60. The highest BCUT2D eigenvalue weighted by Gasteiger charge is 2.18. The molecule has 0 aliphatic carbocycles. The Bertz CT molecular complexity index is 1400. The van der Waals surface area contributed by atoms with E-state index in [1.165, 1.54) is 13.4 Å². The van der Waals surface area contributed by atoms with Crippen LogP contribution in [0.1, 0.15) is 42.3 Å². The second kappa shape index (κ2) is 9.54. The summed E-state index contributed by atoms with van der Waals surface area (Å²) in [6, 6.07) is 11.5. The first kappa shape index (κ1) is 23.9. The van der Waals surface area contributed by atoms with Gasteiger partial charge in [-0.15, -0.1) is 0 Å². The number of carbonyl (C=O) groups is 1. The Morgan fingerprint density at radius 3 is 2.46 bits per heavy atom. The summed E-state index contributed by atoms with van der Waals surface area (Å²) in [7, 11) is 3.08. The number of nitrogens with one attached hydrogen (secondary N) is 2. The molecule has 0 radical (unpaired) electrons. The molecule has 2 N–H and O–H groups in total. The normalized spacial score (nSPS) is 11.3. The van der Waals surface area contributed by atoms with Crippen molar-refractivity contribution in [3.05, 3.63) is 65.6 Å². The zero-order valence-corrected chi connectivity index (χ0v) is 20.6. The molecule has 0 saturated carbocycles. The quantitative estimate of drug-likeness (QED) is 0.402. The molecule has 2 heterocycles. The maximum absolute atomic E-state index is 13.2. The molecule has 9 nitrogen and oxygen atoms in total. The number of anilines is 3. The van der Waals surface area contributed by atoms with Crippen LogP contribution in [0.2, 0.25) is 0 Å². The third-order valence-electron chi connectivity index (χ3n) is 5.60. The molecule has 35 heavy (non-hydrogen) atoms. The van der Waals surface area contributed by atoms with Crippen molar-refractivity contribution in [3.63, 3.8) is 0 Å². The summed E-state index contributed by atoms with van der Waals surface area (Å²) >= 11 is 0. The standard InChI is InChI=1S/C26H28N6O3/c1-15-7-8-16(24(33)31-19-12-17(26(2,3)4)9-10-21(19)34-5)11-18(15)30-23-22-20(28-14-29-23)13-27-25(32-22)35-6/h7-14H,1-6H3,(H,31,33)(H,28,29,30). The molecule has 0 unspecified atom stereocenters. The van der Waals surface area contributed by atoms with Crippen LogP contribution in [0.5, 0.6) is 11.8 Å². The van der Waals surface area contributed by atoms with E-state index in [0.29, 0.717) is 39.5 Å². The van der Waals surface area contributed by atoms with E-state index in [4.69, 9.17) is 9.47 Å². The summed E-state index contributed by atoms with van der Waals surface area (Å²) < 4.78 is 10.6. The lowest BCUT2D eigenvalue weighted by atomic mass is 9.87. The minimum Gasteiger partial charge on any atom is -0.495 e. The number of ether oxygens (including phenoxy) is 2. The van der Waals surface area contributed by atoms with Crippen molar-refractivity contribution in [2.24, 2.45) is 0 Å². The molecular weight excluding hydrogens is 444 g/mol. The molecule has 2 aromatic carbocycles. The molecule has 1 amide bonds. The molecule has 4 aromatic rings. The van der Waals surface area contributed by atoms with Crippen LogP contribution in [-0.4, -0.2) is 40.1 Å². The van der Waals surface area contributed by atoms with Crippen LogP contribution in [0, 0.1) is 6.92 Å². The van der Waals surface area contributed by atoms with E-state index in [2.05, 4.69) is 51.3 Å². The number of aromatic nitrogens is 4. The van der Waals surface area contributed by atoms with Crippen molar-refractivity contribution in [1.29, 1.82) is 0 Å². The number of carbonyl (C=O) groups excluding carboxylic acids is 1. The fourth-order valence-electron chi connectivity index (χ4n) is 3.52. The van der Waals surface area contributed by atoms with Crippen molar-refractivity contribution in [2.75, 3.05) is 24.9 Å². The first-order chi connectivity index (χ1) is 16.7. The first-order valence-electron chi connectivity index (χ1n) is 11.1. The van der Waals surface area contributed by atoms with Gasteiger partial charge in [-0.3, -0.25) is 4.79 Å². The van der Waals surface area contributed by atoms with Gasteiger partial charge in [-0.1, -0.05) is 32.9 Å². The van der Waals surface area contributed by atoms with E-state index < -0.39 is 0 Å².